The summed E-state index contributed by atoms with van der Waals surface area (Å²) < 4.78 is 29.7. The van der Waals surface area contributed by atoms with Crippen molar-refractivity contribution in [2.45, 2.75) is 77.8 Å². The van der Waals surface area contributed by atoms with Gasteiger partial charge in [-0.3, -0.25) is 10.1 Å². The first-order valence-electron chi connectivity index (χ1n) is 11.6. The molecule has 192 valence electrons. The molecule has 1 heterocycles. The molecular weight excluding hydrogens is 498 g/mol. The van der Waals surface area contributed by atoms with Gasteiger partial charge in [-0.1, -0.05) is 51.3 Å². The summed E-state index contributed by atoms with van der Waals surface area (Å²) in [6.45, 7) is 8.58. The number of aromatic amines is 1. The first kappa shape index (κ1) is 28.8. The molecule has 1 N–H and O–H groups in total. The average molecular weight is 529 g/mol. The van der Waals surface area contributed by atoms with Crippen LogP contribution >= 0.6 is 23.4 Å². The highest BCUT2D eigenvalue weighted by atomic mass is 35.5. The minimum absolute atomic E-state index is 0.0195. The van der Waals surface area contributed by atoms with Crippen LogP contribution in [-0.4, -0.2) is 19.7 Å². The fraction of sp³-hybridized carbons (Fsp3) is 0.500. The zero-order valence-electron chi connectivity index (χ0n) is 20.5. The van der Waals surface area contributed by atoms with Crippen molar-refractivity contribution in [2.24, 2.45) is 5.92 Å². The van der Waals surface area contributed by atoms with Crippen LogP contribution < -0.4 is 5.69 Å². The Kier molecular flexibility index (Phi) is 10.3. The highest BCUT2D eigenvalue weighted by Gasteiger charge is 2.31. The van der Waals surface area contributed by atoms with Crippen molar-refractivity contribution in [2.75, 3.05) is 0 Å². The number of nitro groups is 1. The number of allylic oxidation sites excluding steroid dienone is 3. The molecule has 2 rings (SSSR count). The van der Waals surface area contributed by atoms with Crippen molar-refractivity contribution in [3.63, 3.8) is 0 Å². The predicted molar refractivity (Wildman–Crippen MR) is 136 cm³/mol. The number of rotatable bonds is 12. The van der Waals surface area contributed by atoms with Crippen molar-refractivity contribution >= 4 is 23.4 Å². The topological polar surface area (TPSA) is 93.8 Å². The van der Waals surface area contributed by atoms with E-state index in [9.17, 15) is 23.7 Å². The van der Waals surface area contributed by atoms with Crippen LogP contribution in [0.4, 0.5) is 8.78 Å². The molecule has 0 bridgehead atoms. The van der Waals surface area contributed by atoms with Gasteiger partial charge in [0.2, 0.25) is 5.16 Å². The molecule has 0 aliphatic rings. The van der Waals surface area contributed by atoms with Gasteiger partial charge in [0.25, 0.3) is 11.6 Å². The van der Waals surface area contributed by atoms with E-state index in [1.807, 2.05) is 6.92 Å². The molecule has 0 fully saturated rings. The van der Waals surface area contributed by atoms with E-state index >= 15 is 0 Å². The lowest BCUT2D eigenvalue weighted by atomic mass is 9.89. The van der Waals surface area contributed by atoms with E-state index in [2.05, 4.69) is 24.0 Å². The molecule has 1 unspecified atom stereocenters. The number of nitrogens with one attached hydrogen (secondary N) is 1. The van der Waals surface area contributed by atoms with Gasteiger partial charge in [-0.15, -0.1) is 5.10 Å². The number of hydrogen-bond acceptors (Lipinski definition) is 5. The van der Waals surface area contributed by atoms with Crippen LogP contribution in [0.3, 0.4) is 0 Å². The molecule has 2 aromatic rings. The summed E-state index contributed by atoms with van der Waals surface area (Å²) >= 11 is 6.84. The van der Waals surface area contributed by atoms with E-state index in [0.29, 0.717) is 18.2 Å². The van der Waals surface area contributed by atoms with Crippen LogP contribution in [0, 0.1) is 16.0 Å². The Morgan fingerprint density at radius 2 is 2.00 bits per heavy atom. The number of nitrogens with zero attached hydrogens (tertiary/aromatic N) is 3. The standard InChI is InChI=1S/C24H31ClF2N4O3S/c1-6-10-15(7-2)16(8-3)13-20(31(33)34)21(9-4)35-23-29-28-22(32)30(23)19-12-11-17(25)14-18(19)24(5,26)27/h11-15H,6-10H2,1-5H3,(H,28,32)/b16-13+,21-20-. The van der Waals surface area contributed by atoms with Crippen LogP contribution in [0.25, 0.3) is 5.69 Å². The molecule has 0 amide bonds. The quantitative estimate of drug-likeness (QED) is 0.133. The van der Waals surface area contributed by atoms with Gasteiger partial charge in [0.1, 0.15) is 0 Å². The second-order valence-electron chi connectivity index (χ2n) is 8.18. The van der Waals surface area contributed by atoms with Crippen molar-refractivity contribution in [1.29, 1.82) is 0 Å². The van der Waals surface area contributed by atoms with Crippen LogP contribution in [0.5, 0.6) is 0 Å². The van der Waals surface area contributed by atoms with E-state index in [1.165, 1.54) is 12.1 Å². The van der Waals surface area contributed by atoms with Gasteiger partial charge < -0.3 is 0 Å². The molecule has 0 saturated heterocycles. The summed E-state index contributed by atoms with van der Waals surface area (Å²) in [6.07, 6.45) is 5.35. The van der Waals surface area contributed by atoms with Crippen molar-refractivity contribution in [3.05, 3.63) is 71.6 Å². The Bertz CT molecular complexity index is 1170. The third kappa shape index (κ3) is 7.04. The lowest BCUT2D eigenvalue weighted by Gasteiger charge is -2.18. The van der Waals surface area contributed by atoms with E-state index in [0.717, 1.165) is 47.2 Å². The number of halogens is 3. The molecule has 0 saturated carbocycles. The van der Waals surface area contributed by atoms with Gasteiger partial charge >= 0.3 is 5.69 Å². The van der Waals surface area contributed by atoms with E-state index in [4.69, 9.17) is 11.6 Å². The van der Waals surface area contributed by atoms with Crippen LogP contribution in [-0.2, 0) is 5.92 Å². The molecule has 0 spiro atoms. The Morgan fingerprint density at radius 3 is 2.51 bits per heavy atom. The zero-order valence-corrected chi connectivity index (χ0v) is 22.1. The van der Waals surface area contributed by atoms with Gasteiger partial charge in [-0.2, -0.15) is 0 Å². The molecule has 1 aromatic carbocycles. The molecule has 11 heteroatoms. The lowest BCUT2D eigenvalue weighted by Crippen LogP contribution is -2.20. The van der Waals surface area contributed by atoms with Gasteiger partial charge in [0, 0.05) is 23.6 Å². The molecule has 35 heavy (non-hydrogen) atoms. The van der Waals surface area contributed by atoms with Gasteiger partial charge in [0.05, 0.1) is 15.5 Å². The third-order valence-corrected chi connectivity index (χ3v) is 7.15. The SMILES string of the molecule is CCCC(CC)/C(=C/C(=C(\CC)Sc1n[nH]c(=O)n1-c1ccc(Cl)cc1C(C)(F)F)[N+](=O)[O-])CC. The number of aromatic nitrogens is 3. The maximum Gasteiger partial charge on any atom is 0.348 e. The summed E-state index contributed by atoms with van der Waals surface area (Å²) in [7, 11) is 0. The summed E-state index contributed by atoms with van der Waals surface area (Å²) in [5, 5.41) is 18.4. The number of hydrogen-bond donors (Lipinski definition) is 1. The molecule has 1 atom stereocenters. The number of H-pyrrole nitrogens is 1. The highest BCUT2D eigenvalue weighted by Crippen LogP contribution is 2.37. The maximum absolute atomic E-state index is 14.3. The molecule has 0 aliphatic heterocycles. The zero-order chi connectivity index (χ0) is 26.3. The largest absolute Gasteiger partial charge is 0.348 e. The lowest BCUT2D eigenvalue weighted by molar-refractivity contribution is -0.419. The molecule has 7 nitrogen and oxygen atoms in total. The maximum atomic E-state index is 14.3. The van der Waals surface area contributed by atoms with E-state index < -0.39 is 22.1 Å². The average Bonchev–Trinajstić information content (AvgIpc) is 3.16. The monoisotopic (exact) mass is 528 g/mol. The second-order valence-corrected chi connectivity index (χ2v) is 9.68. The molecule has 0 radical (unpaired) electrons. The molecular formula is C24H31ClF2N4O3S. The smallest absolute Gasteiger partial charge is 0.258 e. The fourth-order valence-electron chi connectivity index (χ4n) is 3.95. The van der Waals surface area contributed by atoms with Crippen molar-refractivity contribution in [1.82, 2.24) is 14.8 Å². The van der Waals surface area contributed by atoms with Crippen LogP contribution in [0.15, 0.2) is 50.4 Å². The predicted octanol–water partition coefficient (Wildman–Crippen LogP) is 7.48. The summed E-state index contributed by atoms with van der Waals surface area (Å²) in [5.74, 6) is -3.06. The van der Waals surface area contributed by atoms with Gasteiger partial charge in [0.15, 0.2) is 0 Å². The van der Waals surface area contributed by atoms with E-state index in [1.54, 1.807) is 13.0 Å². The third-order valence-electron chi connectivity index (χ3n) is 5.72. The minimum Gasteiger partial charge on any atom is -0.258 e. The summed E-state index contributed by atoms with van der Waals surface area (Å²) in [6, 6.07) is 3.80. The van der Waals surface area contributed by atoms with Crippen molar-refractivity contribution < 1.29 is 13.7 Å². The molecule has 0 aliphatic carbocycles. The Labute approximate surface area is 212 Å². The molecule has 1 aromatic heterocycles. The van der Waals surface area contributed by atoms with E-state index in [-0.39, 0.29) is 33.9 Å². The fourth-order valence-corrected chi connectivity index (χ4v) is 5.09. The minimum atomic E-state index is -3.29. The Morgan fingerprint density at radius 1 is 1.31 bits per heavy atom. The van der Waals surface area contributed by atoms with Gasteiger partial charge in [-0.25, -0.2) is 23.2 Å². The highest BCUT2D eigenvalue weighted by molar-refractivity contribution is 8.03. The van der Waals surface area contributed by atoms with Crippen molar-refractivity contribution in [3.8, 4) is 5.69 Å². The van der Waals surface area contributed by atoms with Crippen LogP contribution in [0.2, 0.25) is 5.02 Å². The first-order chi connectivity index (χ1) is 16.5. The number of thioether (sulfide) groups is 1. The number of alkyl halides is 2. The Balaban J connectivity index is 2.68. The second kappa shape index (κ2) is 12.5. The Hall–Kier alpha value is -2.46. The summed E-state index contributed by atoms with van der Waals surface area (Å²) in [5.41, 5.74) is -0.386. The normalized spacial score (nSPS) is 14.1. The number of benzene rings is 1. The van der Waals surface area contributed by atoms with Crippen LogP contribution in [0.1, 0.15) is 72.3 Å². The first-order valence-corrected chi connectivity index (χ1v) is 12.8. The van der Waals surface area contributed by atoms with Gasteiger partial charge in [-0.05, 0) is 61.6 Å². The summed E-state index contributed by atoms with van der Waals surface area (Å²) in [4.78, 5) is 24.6.